The predicted octanol–water partition coefficient (Wildman–Crippen LogP) is -0.751. The van der Waals surface area contributed by atoms with Gasteiger partial charge in [-0.2, -0.15) is 0 Å². The number of ether oxygens (including phenoxy) is 3. The number of fused-ring (bicyclic) bond motifs is 1. The zero-order valence-corrected chi connectivity index (χ0v) is 17.8. The number of benzene rings is 1. The average Bonchev–Trinajstić information content (AvgIpc) is 3.05. The maximum atomic E-state index is 13.0. The minimum atomic E-state index is -1.08. The number of carbonyl (C=O) groups excluding carboxylic acids is 5. The fourth-order valence-corrected chi connectivity index (χ4v) is 3.41. The van der Waals surface area contributed by atoms with Gasteiger partial charge in [0.15, 0.2) is 6.61 Å². The van der Waals surface area contributed by atoms with E-state index in [1.807, 2.05) is 0 Å². The largest absolute Gasteiger partial charge is 0.483 e. The maximum Gasteiger partial charge on any atom is 0.266 e. The quantitative estimate of drug-likeness (QED) is 0.251. The van der Waals surface area contributed by atoms with Crippen LogP contribution >= 0.6 is 0 Å². The second kappa shape index (κ2) is 11.2. The molecule has 0 bridgehead atoms. The molecule has 33 heavy (non-hydrogen) atoms. The summed E-state index contributed by atoms with van der Waals surface area (Å²) in [7, 11) is 0. The molecule has 2 aliphatic heterocycles. The van der Waals surface area contributed by atoms with Crippen LogP contribution in [-0.4, -0.2) is 80.1 Å². The number of nitrogens with one attached hydrogen (secondary N) is 2. The second-order valence-corrected chi connectivity index (χ2v) is 7.13. The Morgan fingerprint density at radius 2 is 1.94 bits per heavy atom. The van der Waals surface area contributed by atoms with Crippen molar-refractivity contribution in [2.24, 2.45) is 0 Å². The number of rotatable bonds is 11. The highest BCUT2D eigenvalue weighted by Crippen LogP contribution is 2.33. The van der Waals surface area contributed by atoms with Crippen LogP contribution in [0.1, 0.15) is 33.6 Å². The number of terminal acetylenes is 1. The summed E-state index contributed by atoms with van der Waals surface area (Å²) in [4.78, 5) is 62.2. The summed E-state index contributed by atoms with van der Waals surface area (Å²) in [6, 6.07) is 3.34. The molecule has 1 atom stereocenters. The summed E-state index contributed by atoms with van der Waals surface area (Å²) in [6.07, 6.45) is 5.12. The molecule has 11 nitrogen and oxygen atoms in total. The van der Waals surface area contributed by atoms with E-state index in [0.29, 0.717) is 13.2 Å². The van der Waals surface area contributed by atoms with E-state index in [9.17, 15) is 24.0 Å². The highest BCUT2D eigenvalue weighted by Gasteiger charge is 2.46. The first-order valence-electron chi connectivity index (χ1n) is 10.3. The summed E-state index contributed by atoms with van der Waals surface area (Å²) in [5.74, 6) is -0.570. The summed E-state index contributed by atoms with van der Waals surface area (Å²) in [5, 5.41) is 4.74. The normalized spacial score (nSPS) is 17.4. The van der Waals surface area contributed by atoms with Gasteiger partial charge in [0.1, 0.15) is 18.4 Å². The third-order valence-electron chi connectivity index (χ3n) is 4.91. The molecule has 2 heterocycles. The first-order valence-corrected chi connectivity index (χ1v) is 10.3. The van der Waals surface area contributed by atoms with Crippen molar-refractivity contribution in [1.29, 1.82) is 0 Å². The van der Waals surface area contributed by atoms with Crippen molar-refractivity contribution in [2.75, 3.05) is 39.6 Å². The van der Waals surface area contributed by atoms with Gasteiger partial charge in [-0.15, -0.1) is 6.42 Å². The van der Waals surface area contributed by atoms with Crippen LogP contribution in [0.3, 0.4) is 0 Å². The summed E-state index contributed by atoms with van der Waals surface area (Å²) >= 11 is 0. The van der Waals surface area contributed by atoms with Crippen molar-refractivity contribution < 1.29 is 38.2 Å². The molecule has 3 rings (SSSR count). The number of nitrogens with zero attached hydrogens (tertiary/aromatic N) is 1. The van der Waals surface area contributed by atoms with Crippen LogP contribution in [0.25, 0.3) is 0 Å². The molecule has 1 unspecified atom stereocenters. The van der Waals surface area contributed by atoms with Crippen LogP contribution in [0.5, 0.6) is 5.75 Å². The molecular formula is C22H23N3O8. The lowest BCUT2D eigenvalue weighted by Gasteiger charge is -2.27. The van der Waals surface area contributed by atoms with Gasteiger partial charge < -0.3 is 19.5 Å². The molecule has 1 aromatic carbocycles. The van der Waals surface area contributed by atoms with Gasteiger partial charge in [0.2, 0.25) is 11.8 Å². The molecule has 2 N–H and O–H groups in total. The first-order chi connectivity index (χ1) is 15.9. The summed E-state index contributed by atoms with van der Waals surface area (Å²) in [5.41, 5.74) is 0.0540. The molecule has 2 aliphatic rings. The lowest BCUT2D eigenvalue weighted by molar-refractivity contribution is -0.136. The number of carbonyl (C=O) groups is 5. The number of imide groups is 2. The molecule has 5 amide bonds. The Hall–Kier alpha value is -3.75. The topological polar surface area (TPSA) is 140 Å². The highest BCUT2D eigenvalue weighted by atomic mass is 16.5. The molecule has 11 heteroatoms. The van der Waals surface area contributed by atoms with E-state index in [0.717, 1.165) is 4.90 Å². The average molecular weight is 457 g/mol. The van der Waals surface area contributed by atoms with Gasteiger partial charge in [-0.25, -0.2) is 0 Å². The molecule has 1 aromatic rings. The number of hydrogen-bond donors (Lipinski definition) is 2. The van der Waals surface area contributed by atoms with Gasteiger partial charge >= 0.3 is 0 Å². The van der Waals surface area contributed by atoms with Crippen LogP contribution < -0.4 is 15.4 Å². The number of piperidine rings is 1. The standard InChI is InChI=1S/C22H23N3O8/c1-2-9-31-11-12-32-10-8-23-18(27)13-33-16-5-3-4-14-19(16)22(30)25(21(14)29)15-6-7-17(26)24-20(15)28/h1,3-5,15H,6-13H2,(H,23,27)(H,24,26,28). The third-order valence-corrected chi connectivity index (χ3v) is 4.91. The van der Waals surface area contributed by atoms with Gasteiger partial charge in [0, 0.05) is 13.0 Å². The summed E-state index contributed by atoms with van der Waals surface area (Å²) < 4.78 is 15.8. The second-order valence-electron chi connectivity index (χ2n) is 7.13. The molecule has 0 radical (unpaired) electrons. The SMILES string of the molecule is C#CCOCCOCCNC(=O)COc1cccc2c1C(=O)N(C1CCC(=O)NC1=O)C2=O. The Morgan fingerprint density at radius 3 is 2.70 bits per heavy atom. The summed E-state index contributed by atoms with van der Waals surface area (Å²) in [6.45, 7) is 1.01. The van der Waals surface area contributed by atoms with E-state index in [4.69, 9.17) is 20.6 Å². The fraction of sp³-hybridized carbons (Fsp3) is 0.409. The van der Waals surface area contributed by atoms with Gasteiger partial charge in [0.05, 0.1) is 30.9 Å². The smallest absolute Gasteiger partial charge is 0.266 e. The molecule has 0 saturated carbocycles. The Labute approximate surface area is 189 Å². The van der Waals surface area contributed by atoms with Crippen molar-refractivity contribution in [3.8, 4) is 18.1 Å². The monoisotopic (exact) mass is 457 g/mol. The minimum absolute atomic E-state index is 0.0182. The maximum absolute atomic E-state index is 13.0. The van der Waals surface area contributed by atoms with E-state index in [1.165, 1.54) is 18.2 Å². The van der Waals surface area contributed by atoms with Gasteiger partial charge in [0.25, 0.3) is 17.7 Å². The van der Waals surface area contributed by atoms with Crippen molar-refractivity contribution in [2.45, 2.75) is 18.9 Å². The molecule has 1 fully saturated rings. The van der Waals surface area contributed by atoms with Gasteiger partial charge in [-0.3, -0.25) is 34.2 Å². The van der Waals surface area contributed by atoms with E-state index < -0.39 is 35.6 Å². The Kier molecular flexibility index (Phi) is 8.12. The first kappa shape index (κ1) is 23.9. The number of hydrogen-bond acceptors (Lipinski definition) is 8. The molecule has 0 aliphatic carbocycles. The predicted molar refractivity (Wildman–Crippen MR) is 112 cm³/mol. The number of amides is 5. The van der Waals surface area contributed by atoms with Gasteiger partial charge in [-0.05, 0) is 18.6 Å². The van der Waals surface area contributed by atoms with Crippen LogP contribution in [0.2, 0.25) is 0 Å². The van der Waals surface area contributed by atoms with Crippen molar-refractivity contribution in [3.63, 3.8) is 0 Å². The molecular weight excluding hydrogens is 434 g/mol. The van der Waals surface area contributed by atoms with Crippen molar-refractivity contribution in [1.82, 2.24) is 15.5 Å². The lowest BCUT2D eigenvalue weighted by Crippen LogP contribution is -2.54. The Bertz CT molecular complexity index is 1000. The van der Waals surface area contributed by atoms with E-state index >= 15 is 0 Å². The molecule has 0 spiro atoms. The van der Waals surface area contributed by atoms with E-state index in [1.54, 1.807) is 0 Å². The van der Waals surface area contributed by atoms with Crippen LogP contribution in [0, 0.1) is 12.3 Å². The Morgan fingerprint density at radius 1 is 1.15 bits per heavy atom. The van der Waals surface area contributed by atoms with Crippen LogP contribution in [-0.2, 0) is 23.9 Å². The van der Waals surface area contributed by atoms with Gasteiger partial charge in [-0.1, -0.05) is 12.0 Å². The van der Waals surface area contributed by atoms with E-state index in [2.05, 4.69) is 16.6 Å². The van der Waals surface area contributed by atoms with Crippen LogP contribution in [0.4, 0.5) is 0 Å². The highest BCUT2D eigenvalue weighted by molar-refractivity contribution is 6.24. The lowest BCUT2D eigenvalue weighted by atomic mass is 10.0. The molecule has 1 saturated heterocycles. The van der Waals surface area contributed by atoms with E-state index in [-0.39, 0.29) is 56.1 Å². The zero-order chi connectivity index (χ0) is 23.8. The third kappa shape index (κ3) is 5.74. The Balaban J connectivity index is 1.52. The molecule has 0 aromatic heterocycles. The van der Waals surface area contributed by atoms with Crippen molar-refractivity contribution in [3.05, 3.63) is 29.3 Å². The van der Waals surface area contributed by atoms with Crippen molar-refractivity contribution >= 4 is 29.5 Å². The molecule has 174 valence electrons. The van der Waals surface area contributed by atoms with Crippen LogP contribution in [0.15, 0.2) is 18.2 Å². The zero-order valence-electron chi connectivity index (χ0n) is 17.8. The minimum Gasteiger partial charge on any atom is -0.483 e. The fourth-order valence-electron chi connectivity index (χ4n) is 3.41.